The quantitative estimate of drug-likeness (QED) is 0.605. The Morgan fingerprint density at radius 1 is 1.15 bits per heavy atom. The highest BCUT2D eigenvalue weighted by Crippen LogP contribution is 2.27. The zero-order chi connectivity index (χ0) is 14.6. The van der Waals surface area contributed by atoms with Gasteiger partial charge in [0.1, 0.15) is 5.75 Å². The second-order valence-electron chi connectivity index (χ2n) is 5.37. The minimum atomic E-state index is 0.364. The van der Waals surface area contributed by atoms with Gasteiger partial charge in [-0.3, -0.25) is 4.98 Å². The first-order chi connectivity index (χ1) is 9.83. The van der Waals surface area contributed by atoms with Gasteiger partial charge >= 0.3 is 0 Å². The van der Waals surface area contributed by atoms with Crippen LogP contribution in [0.3, 0.4) is 0 Å². The molecular formula is C17H30N2O. The van der Waals surface area contributed by atoms with E-state index in [9.17, 15) is 0 Å². The molecule has 0 aliphatic carbocycles. The van der Waals surface area contributed by atoms with E-state index in [-0.39, 0.29) is 0 Å². The highest BCUT2D eigenvalue weighted by Gasteiger charge is 2.13. The molecular weight excluding hydrogens is 248 g/mol. The van der Waals surface area contributed by atoms with Crippen LogP contribution in [-0.2, 0) is 0 Å². The van der Waals surface area contributed by atoms with Crippen molar-refractivity contribution in [3.05, 3.63) is 24.0 Å². The number of unbranched alkanes of at least 4 members (excludes halogenated alkanes) is 6. The normalized spacial score (nSPS) is 12.3. The topological polar surface area (TPSA) is 34.2 Å². The Morgan fingerprint density at radius 2 is 1.85 bits per heavy atom. The van der Waals surface area contributed by atoms with Gasteiger partial charge in [0.05, 0.1) is 13.3 Å². The molecule has 1 aromatic heterocycles. The average Bonchev–Trinajstić information content (AvgIpc) is 2.50. The van der Waals surface area contributed by atoms with Crippen LogP contribution in [0, 0.1) is 0 Å². The van der Waals surface area contributed by atoms with E-state index in [4.69, 9.17) is 4.74 Å². The molecule has 0 spiro atoms. The maximum atomic E-state index is 5.40. The van der Waals surface area contributed by atoms with Crippen molar-refractivity contribution in [2.24, 2.45) is 0 Å². The molecule has 0 aromatic carbocycles. The Hall–Kier alpha value is -1.09. The van der Waals surface area contributed by atoms with Crippen molar-refractivity contribution in [1.29, 1.82) is 0 Å². The number of pyridine rings is 1. The first-order valence-electron chi connectivity index (χ1n) is 7.98. The lowest BCUT2D eigenvalue weighted by Gasteiger charge is -2.18. The second-order valence-corrected chi connectivity index (χ2v) is 5.37. The van der Waals surface area contributed by atoms with Crippen LogP contribution in [-0.4, -0.2) is 19.1 Å². The van der Waals surface area contributed by atoms with Gasteiger partial charge in [0.15, 0.2) is 0 Å². The fourth-order valence-corrected chi connectivity index (χ4v) is 2.61. The van der Waals surface area contributed by atoms with Crippen molar-refractivity contribution in [3.8, 4) is 5.75 Å². The number of hydrogen-bond acceptors (Lipinski definition) is 3. The standard InChI is InChI=1S/C17H30N2O/c1-4-5-6-7-8-9-10-11-16(18-2)15-12-13-19-14-17(15)20-3/h12-14,16,18H,4-11H2,1-3H3. The molecule has 1 N–H and O–H groups in total. The van der Waals surface area contributed by atoms with E-state index in [0.29, 0.717) is 6.04 Å². The SMILES string of the molecule is CCCCCCCCCC(NC)c1ccncc1OC. The average molecular weight is 278 g/mol. The van der Waals surface area contributed by atoms with E-state index in [2.05, 4.69) is 23.3 Å². The Kier molecular flexibility index (Phi) is 9.05. The molecule has 3 nitrogen and oxygen atoms in total. The molecule has 0 radical (unpaired) electrons. The predicted molar refractivity (Wildman–Crippen MR) is 85.2 cm³/mol. The van der Waals surface area contributed by atoms with Crippen molar-refractivity contribution < 1.29 is 4.74 Å². The van der Waals surface area contributed by atoms with Gasteiger partial charge < -0.3 is 10.1 Å². The highest BCUT2D eigenvalue weighted by atomic mass is 16.5. The number of nitrogens with zero attached hydrogens (tertiary/aromatic N) is 1. The maximum absolute atomic E-state index is 5.40. The van der Waals surface area contributed by atoms with Crippen LogP contribution >= 0.6 is 0 Å². The van der Waals surface area contributed by atoms with Crippen molar-refractivity contribution in [2.75, 3.05) is 14.2 Å². The fourth-order valence-electron chi connectivity index (χ4n) is 2.61. The zero-order valence-corrected chi connectivity index (χ0v) is 13.3. The lowest BCUT2D eigenvalue weighted by molar-refractivity contribution is 0.394. The number of hydrogen-bond donors (Lipinski definition) is 1. The van der Waals surface area contributed by atoms with Crippen LogP contribution < -0.4 is 10.1 Å². The number of rotatable bonds is 11. The van der Waals surface area contributed by atoms with E-state index >= 15 is 0 Å². The van der Waals surface area contributed by atoms with Crippen molar-refractivity contribution in [1.82, 2.24) is 10.3 Å². The number of methoxy groups -OCH3 is 1. The molecule has 0 bridgehead atoms. The van der Waals surface area contributed by atoms with Gasteiger partial charge in [-0.05, 0) is 19.5 Å². The Balaban J connectivity index is 2.32. The fraction of sp³-hybridized carbons (Fsp3) is 0.706. The molecule has 3 heteroatoms. The molecule has 1 heterocycles. The summed E-state index contributed by atoms with van der Waals surface area (Å²) >= 11 is 0. The summed E-state index contributed by atoms with van der Waals surface area (Å²) in [5.74, 6) is 0.884. The van der Waals surface area contributed by atoms with E-state index in [0.717, 1.165) is 12.2 Å². The Bertz CT molecular complexity index is 355. The van der Waals surface area contributed by atoms with Crippen LogP contribution in [0.4, 0.5) is 0 Å². The van der Waals surface area contributed by atoms with E-state index < -0.39 is 0 Å². The molecule has 0 aliphatic rings. The lowest BCUT2D eigenvalue weighted by Crippen LogP contribution is -2.17. The van der Waals surface area contributed by atoms with E-state index in [1.807, 2.05) is 13.2 Å². The summed E-state index contributed by atoms with van der Waals surface area (Å²) in [5, 5.41) is 3.40. The molecule has 0 saturated heterocycles. The Morgan fingerprint density at radius 3 is 2.50 bits per heavy atom. The lowest BCUT2D eigenvalue weighted by atomic mass is 10.00. The van der Waals surface area contributed by atoms with Gasteiger partial charge in [-0.15, -0.1) is 0 Å². The number of ether oxygens (including phenoxy) is 1. The third-order valence-corrected chi connectivity index (χ3v) is 3.86. The molecule has 0 fully saturated rings. The van der Waals surface area contributed by atoms with Gasteiger partial charge in [0.25, 0.3) is 0 Å². The largest absolute Gasteiger partial charge is 0.495 e. The van der Waals surface area contributed by atoms with Crippen LogP contribution in [0.1, 0.15) is 69.9 Å². The highest BCUT2D eigenvalue weighted by molar-refractivity contribution is 5.32. The summed E-state index contributed by atoms with van der Waals surface area (Å²) in [4.78, 5) is 4.12. The molecule has 114 valence electrons. The van der Waals surface area contributed by atoms with Gasteiger partial charge in [-0.25, -0.2) is 0 Å². The maximum Gasteiger partial charge on any atom is 0.141 e. The molecule has 0 amide bonds. The molecule has 0 aliphatic heterocycles. The zero-order valence-electron chi connectivity index (χ0n) is 13.3. The smallest absolute Gasteiger partial charge is 0.141 e. The van der Waals surface area contributed by atoms with E-state index in [1.54, 1.807) is 13.3 Å². The van der Waals surface area contributed by atoms with Crippen LogP contribution in [0.5, 0.6) is 5.75 Å². The summed E-state index contributed by atoms with van der Waals surface area (Å²) < 4.78 is 5.40. The molecule has 1 rings (SSSR count). The summed E-state index contributed by atoms with van der Waals surface area (Å²) in [6.07, 6.45) is 14.2. The Labute approximate surface area is 124 Å². The summed E-state index contributed by atoms with van der Waals surface area (Å²) in [6.45, 7) is 2.26. The number of aromatic nitrogens is 1. The molecule has 1 unspecified atom stereocenters. The van der Waals surface area contributed by atoms with Crippen LogP contribution in [0.15, 0.2) is 18.5 Å². The summed E-state index contributed by atoms with van der Waals surface area (Å²) in [6, 6.07) is 2.42. The van der Waals surface area contributed by atoms with Crippen LogP contribution in [0.2, 0.25) is 0 Å². The first-order valence-corrected chi connectivity index (χ1v) is 7.98. The van der Waals surface area contributed by atoms with Crippen LogP contribution in [0.25, 0.3) is 0 Å². The van der Waals surface area contributed by atoms with Crippen molar-refractivity contribution >= 4 is 0 Å². The predicted octanol–water partition coefficient (Wildman–Crippen LogP) is 4.49. The molecule has 0 saturated carbocycles. The minimum Gasteiger partial charge on any atom is -0.495 e. The molecule has 20 heavy (non-hydrogen) atoms. The summed E-state index contributed by atoms with van der Waals surface area (Å²) in [7, 11) is 3.73. The van der Waals surface area contributed by atoms with Crippen molar-refractivity contribution in [2.45, 2.75) is 64.3 Å². The van der Waals surface area contributed by atoms with Gasteiger partial charge in [0.2, 0.25) is 0 Å². The second kappa shape index (κ2) is 10.7. The van der Waals surface area contributed by atoms with Gasteiger partial charge in [-0.1, -0.05) is 51.9 Å². The first kappa shape index (κ1) is 17.0. The monoisotopic (exact) mass is 278 g/mol. The third-order valence-electron chi connectivity index (χ3n) is 3.86. The van der Waals surface area contributed by atoms with Gasteiger partial charge in [-0.2, -0.15) is 0 Å². The summed E-state index contributed by atoms with van der Waals surface area (Å²) in [5.41, 5.74) is 1.22. The van der Waals surface area contributed by atoms with Gasteiger partial charge in [0, 0.05) is 17.8 Å². The van der Waals surface area contributed by atoms with E-state index in [1.165, 1.54) is 50.5 Å². The van der Waals surface area contributed by atoms with Crippen molar-refractivity contribution in [3.63, 3.8) is 0 Å². The minimum absolute atomic E-state index is 0.364. The molecule has 1 atom stereocenters. The number of nitrogens with one attached hydrogen (secondary N) is 1. The molecule has 1 aromatic rings. The third kappa shape index (κ3) is 5.91.